The summed E-state index contributed by atoms with van der Waals surface area (Å²) in [6, 6.07) is 46.1. The van der Waals surface area contributed by atoms with Crippen molar-refractivity contribution in [2.45, 2.75) is 14.7 Å². The van der Waals surface area contributed by atoms with Gasteiger partial charge in [-0.15, -0.1) is 11.8 Å². The third-order valence-corrected chi connectivity index (χ3v) is 13.5. The standard InChI is InChI=1S/C41H31N3S2/c1-42-40(26-13-5-4-6-14-26)43-41(34-25-45-36-19-11-8-16-29(34)36)44-35-18-10-7-15-28(35)31-22-21-27-23-38-33(24-32(27)39(31)44)30-17-9-12-20-37(30)46(38,2)3/h4-24H,1,25H2,2-3H3/b41-34-,43-40-. The van der Waals surface area contributed by atoms with Gasteiger partial charge >= 0.3 is 0 Å². The number of aromatic nitrogens is 1. The predicted octanol–water partition coefficient (Wildman–Crippen LogP) is 11.0. The molecule has 0 amide bonds. The van der Waals surface area contributed by atoms with Crippen molar-refractivity contribution in [2.75, 3.05) is 18.3 Å². The monoisotopic (exact) mass is 629 g/mol. The fraction of sp³-hybridized carbons (Fsp3) is 0.0732. The van der Waals surface area contributed by atoms with E-state index in [1.54, 1.807) is 0 Å². The van der Waals surface area contributed by atoms with E-state index in [9.17, 15) is 0 Å². The molecule has 222 valence electrons. The highest BCUT2D eigenvalue weighted by Gasteiger charge is 2.32. The Morgan fingerprint density at radius 3 is 2.28 bits per heavy atom. The van der Waals surface area contributed by atoms with Gasteiger partial charge in [-0.25, -0.2) is 9.98 Å². The lowest BCUT2D eigenvalue weighted by Crippen LogP contribution is -2.05. The van der Waals surface area contributed by atoms with E-state index in [2.05, 4.69) is 138 Å². The third kappa shape index (κ3) is 3.95. The van der Waals surface area contributed by atoms with Crippen molar-refractivity contribution in [3.63, 3.8) is 0 Å². The fourth-order valence-electron chi connectivity index (χ4n) is 7.30. The van der Waals surface area contributed by atoms with Crippen LogP contribution in [0, 0.1) is 0 Å². The van der Waals surface area contributed by atoms with Crippen molar-refractivity contribution in [3.05, 3.63) is 139 Å². The van der Waals surface area contributed by atoms with E-state index in [0.29, 0.717) is 5.84 Å². The molecule has 0 atom stereocenters. The van der Waals surface area contributed by atoms with Crippen molar-refractivity contribution < 1.29 is 0 Å². The van der Waals surface area contributed by atoms with E-state index in [-0.39, 0.29) is 0 Å². The summed E-state index contributed by atoms with van der Waals surface area (Å²) in [6.45, 7) is 3.98. The van der Waals surface area contributed by atoms with Crippen LogP contribution in [-0.4, -0.2) is 35.4 Å². The summed E-state index contributed by atoms with van der Waals surface area (Å²) in [5.74, 6) is 2.34. The second-order valence-corrected chi connectivity index (χ2v) is 16.8. The van der Waals surface area contributed by atoms with Gasteiger partial charge in [-0.3, -0.25) is 4.57 Å². The van der Waals surface area contributed by atoms with Gasteiger partial charge in [-0.2, -0.15) is 10.0 Å². The average Bonchev–Trinajstić information content (AvgIpc) is 3.74. The Hall–Kier alpha value is -4.84. The second-order valence-electron chi connectivity index (χ2n) is 12.3. The van der Waals surface area contributed by atoms with E-state index >= 15 is 0 Å². The molecule has 0 saturated heterocycles. The van der Waals surface area contributed by atoms with Crippen LogP contribution in [-0.2, 0) is 0 Å². The molecule has 46 heavy (non-hydrogen) atoms. The molecule has 0 unspecified atom stereocenters. The molecule has 0 spiro atoms. The summed E-state index contributed by atoms with van der Waals surface area (Å²) in [4.78, 5) is 14.2. The van der Waals surface area contributed by atoms with E-state index in [0.717, 1.165) is 22.7 Å². The van der Waals surface area contributed by atoms with Crippen molar-refractivity contribution in [3.8, 4) is 11.1 Å². The molecule has 2 aliphatic heterocycles. The molecule has 3 heterocycles. The fourth-order valence-corrected chi connectivity index (χ4v) is 10.9. The first-order chi connectivity index (χ1) is 22.5. The molecule has 9 rings (SSSR count). The first-order valence-corrected chi connectivity index (χ1v) is 18.9. The molecule has 6 aromatic carbocycles. The van der Waals surface area contributed by atoms with Crippen molar-refractivity contribution in [1.29, 1.82) is 0 Å². The summed E-state index contributed by atoms with van der Waals surface area (Å²) < 4.78 is 2.41. The topological polar surface area (TPSA) is 29.6 Å². The first-order valence-electron chi connectivity index (χ1n) is 15.4. The molecule has 0 radical (unpaired) electrons. The highest BCUT2D eigenvalue weighted by Crippen LogP contribution is 2.67. The minimum atomic E-state index is -1.12. The Labute approximate surface area is 274 Å². The largest absolute Gasteiger partial charge is 0.293 e. The van der Waals surface area contributed by atoms with Crippen molar-refractivity contribution in [1.82, 2.24) is 4.57 Å². The Bertz CT molecular complexity index is 2470. The molecule has 1 aromatic heterocycles. The third-order valence-electron chi connectivity index (χ3n) is 9.49. The van der Waals surface area contributed by atoms with Crippen molar-refractivity contribution >= 4 is 78.3 Å². The van der Waals surface area contributed by atoms with Gasteiger partial charge in [0, 0.05) is 47.7 Å². The molecule has 0 aliphatic carbocycles. The molecule has 0 saturated carbocycles. The average molecular weight is 630 g/mol. The van der Waals surface area contributed by atoms with E-state index in [4.69, 9.17) is 4.99 Å². The molecule has 3 nitrogen and oxygen atoms in total. The molecular formula is C41H31N3S2. The molecule has 7 aromatic rings. The Morgan fingerprint density at radius 1 is 0.696 bits per heavy atom. The summed E-state index contributed by atoms with van der Waals surface area (Å²) in [6.07, 6.45) is 4.86. The van der Waals surface area contributed by atoms with Gasteiger partial charge in [0.25, 0.3) is 0 Å². The van der Waals surface area contributed by atoms with Gasteiger partial charge in [-0.1, -0.05) is 97.1 Å². The maximum absolute atomic E-state index is 5.45. The van der Waals surface area contributed by atoms with Crippen LogP contribution < -0.4 is 0 Å². The summed E-state index contributed by atoms with van der Waals surface area (Å²) in [5.41, 5.74) is 8.40. The van der Waals surface area contributed by atoms with Crippen LogP contribution in [0.4, 0.5) is 0 Å². The van der Waals surface area contributed by atoms with Gasteiger partial charge in [0.2, 0.25) is 0 Å². The number of nitrogens with zero attached hydrogens (tertiary/aromatic N) is 3. The number of thioether (sulfide) groups is 1. The first kappa shape index (κ1) is 27.5. The lowest BCUT2D eigenvalue weighted by molar-refractivity contribution is 1.17. The number of hydrogen-bond acceptors (Lipinski definition) is 2. The SMILES string of the molecule is C=N/C(=N\C(=C1/CSc2ccccc21)n1c2ccccc2c2ccc3cc4c(cc3c21)-c1ccccc1S4(C)C)c1ccccc1. The van der Waals surface area contributed by atoms with E-state index in [1.165, 1.54) is 64.0 Å². The van der Waals surface area contributed by atoms with Gasteiger partial charge in [-0.05, 0) is 71.6 Å². The van der Waals surface area contributed by atoms with E-state index < -0.39 is 10.0 Å². The van der Waals surface area contributed by atoms with Crippen LogP contribution in [0.2, 0.25) is 0 Å². The lowest BCUT2D eigenvalue weighted by atomic mass is 9.99. The molecule has 2 aliphatic rings. The van der Waals surface area contributed by atoms with Crippen LogP contribution in [0.1, 0.15) is 11.1 Å². The highest BCUT2D eigenvalue weighted by atomic mass is 32.3. The number of aliphatic imine (C=N–C) groups is 2. The zero-order valence-corrected chi connectivity index (χ0v) is 27.3. The zero-order valence-electron chi connectivity index (χ0n) is 25.7. The van der Waals surface area contributed by atoms with E-state index in [1.807, 2.05) is 30.0 Å². The Balaban J connectivity index is 1.44. The smallest absolute Gasteiger partial charge is 0.160 e. The molecule has 0 N–H and O–H groups in total. The maximum atomic E-state index is 5.45. The second kappa shape index (κ2) is 10.3. The number of amidine groups is 1. The molecule has 5 heteroatoms. The van der Waals surface area contributed by atoms with Crippen LogP contribution in [0.3, 0.4) is 0 Å². The van der Waals surface area contributed by atoms with Gasteiger partial charge < -0.3 is 0 Å². The van der Waals surface area contributed by atoms with Crippen LogP contribution in [0.25, 0.3) is 55.1 Å². The summed E-state index contributed by atoms with van der Waals surface area (Å²) in [7, 11) is -1.12. The maximum Gasteiger partial charge on any atom is 0.160 e. The van der Waals surface area contributed by atoms with Crippen LogP contribution in [0.5, 0.6) is 0 Å². The van der Waals surface area contributed by atoms with Crippen molar-refractivity contribution in [2.24, 2.45) is 9.98 Å². The molecule has 0 fully saturated rings. The van der Waals surface area contributed by atoms with Crippen LogP contribution >= 0.6 is 21.8 Å². The van der Waals surface area contributed by atoms with Gasteiger partial charge in [0.1, 0.15) is 5.82 Å². The van der Waals surface area contributed by atoms with Gasteiger partial charge in [0.15, 0.2) is 5.84 Å². The molecule has 0 bridgehead atoms. The lowest BCUT2D eigenvalue weighted by Gasteiger charge is -2.28. The number of fused-ring (bicyclic) bond motifs is 9. The number of benzene rings is 6. The number of rotatable bonds is 3. The van der Waals surface area contributed by atoms with Crippen LogP contribution in [0.15, 0.2) is 152 Å². The minimum Gasteiger partial charge on any atom is -0.293 e. The Morgan fingerprint density at radius 2 is 1.43 bits per heavy atom. The normalized spacial score (nSPS) is 16.8. The predicted molar refractivity (Wildman–Crippen MR) is 201 cm³/mol. The number of hydrogen-bond donors (Lipinski definition) is 0. The summed E-state index contributed by atoms with van der Waals surface area (Å²) >= 11 is 1.87. The van der Waals surface area contributed by atoms with Gasteiger partial charge in [0.05, 0.1) is 11.0 Å². The minimum absolute atomic E-state index is 0.615. The highest BCUT2D eigenvalue weighted by molar-refractivity contribution is 8.33. The summed E-state index contributed by atoms with van der Waals surface area (Å²) in [5, 5.41) is 4.93. The quantitative estimate of drug-likeness (QED) is 0.141. The zero-order chi connectivity index (χ0) is 31.0. The molecular weight excluding hydrogens is 599 g/mol. The Kier molecular flexibility index (Phi) is 6.18. The number of para-hydroxylation sites is 1.